The van der Waals surface area contributed by atoms with Crippen molar-refractivity contribution in [2.45, 2.75) is 27.5 Å². The topological polar surface area (TPSA) is 83.0 Å². The second-order valence-corrected chi connectivity index (χ2v) is 6.10. The van der Waals surface area contributed by atoms with Crippen LogP contribution in [0.3, 0.4) is 0 Å². The highest BCUT2D eigenvalue weighted by atomic mass is 35.5. The second-order valence-electron chi connectivity index (χ2n) is 5.69. The third-order valence-electron chi connectivity index (χ3n) is 2.78. The zero-order valence-electron chi connectivity index (χ0n) is 12.1. The van der Waals surface area contributed by atoms with Crippen molar-refractivity contribution in [3.63, 3.8) is 0 Å². The standard InChI is InChI=1S/C14H17ClN4O2/c1-14(2,3)13(20)21-8-19-7-12(17-18-19)9-4-5-11(16)10(15)6-9/h4-7H,8,16H2,1-3H3. The first-order valence-electron chi connectivity index (χ1n) is 6.40. The first kappa shape index (κ1) is 15.3. The van der Waals surface area contributed by atoms with Gasteiger partial charge in [0.15, 0.2) is 6.73 Å². The fraction of sp³-hybridized carbons (Fsp3) is 0.357. The molecule has 0 bridgehead atoms. The second kappa shape index (κ2) is 5.73. The summed E-state index contributed by atoms with van der Waals surface area (Å²) in [5.74, 6) is -0.296. The smallest absolute Gasteiger partial charge is 0.313 e. The quantitative estimate of drug-likeness (QED) is 0.696. The van der Waals surface area contributed by atoms with Gasteiger partial charge in [0.1, 0.15) is 5.69 Å². The van der Waals surface area contributed by atoms with Crippen LogP contribution in [-0.4, -0.2) is 21.0 Å². The van der Waals surface area contributed by atoms with E-state index in [2.05, 4.69) is 10.3 Å². The van der Waals surface area contributed by atoms with Crippen LogP contribution in [0.25, 0.3) is 11.3 Å². The summed E-state index contributed by atoms with van der Waals surface area (Å²) in [6.07, 6.45) is 1.68. The number of aromatic nitrogens is 3. The molecule has 0 aliphatic rings. The Balaban J connectivity index is 2.08. The van der Waals surface area contributed by atoms with Crippen molar-refractivity contribution in [1.29, 1.82) is 0 Å². The molecule has 2 N–H and O–H groups in total. The lowest BCUT2D eigenvalue weighted by atomic mass is 9.98. The number of ether oxygens (including phenoxy) is 1. The predicted octanol–water partition coefficient (Wildman–Crippen LogP) is 2.73. The lowest BCUT2D eigenvalue weighted by Crippen LogP contribution is -2.24. The number of nitrogens with two attached hydrogens (primary N) is 1. The lowest BCUT2D eigenvalue weighted by Gasteiger charge is -2.15. The van der Waals surface area contributed by atoms with Crippen LogP contribution in [0, 0.1) is 5.41 Å². The molecule has 1 heterocycles. The number of carbonyl (C=O) groups is 1. The molecular weight excluding hydrogens is 292 g/mol. The minimum atomic E-state index is -0.548. The number of anilines is 1. The fourth-order valence-electron chi connectivity index (χ4n) is 1.52. The molecule has 0 aliphatic heterocycles. The van der Waals surface area contributed by atoms with Crippen LogP contribution in [0.15, 0.2) is 24.4 Å². The Bertz CT molecular complexity index is 661. The monoisotopic (exact) mass is 308 g/mol. The van der Waals surface area contributed by atoms with E-state index < -0.39 is 5.41 Å². The molecule has 21 heavy (non-hydrogen) atoms. The average molecular weight is 309 g/mol. The molecule has 7 heteroatoms. The Morgan fingerprint density at radius 3 is 2.76 bits per heavy atom. The molecule has 1 aromatic carbocycles. The van der Waals surface area contributed by atoms with Gasteiger partial charge in [-0.1, -0.05) is 22.9 Å². The van der Waals surface area contributed by atoms with E-state index in [1.165, 1.54) is 4.68 Å². The van der Waals surface area contributed by atoms with Gasteiger partial charge in [-0.3, -0.25) is 4.79 Å². The van der Waals surface area contributed by atoms with E-state index >= 15 is 0 Å². The van der Waals surface area contributed by atoms with Gasteiger partial charge in [-0.25, -0.2) is 4.68 Å². The van der Waals surface area contributed by atoms with E-state index in [-0.39, 0.29) is 12.7 Å². The zero-order chi connectivity index (χ0) is 15.6. The highest BCUT2D eigenvalue weighted by molar-refractivity contribution is 6.33. The van der Waals surface area contributed by atoms with Crippen molar-refractivity contribution < 1.29 is 9.53 Å². The number of rotatable bonds is 3. The molecule has 0 amide bonds. The molecule has 0 unspecified atom stereocenters. The molecule has 0 atom stereocenters. The highest BCUT2D eigenvalue weighted by Gasteiger charge is 2.23. The van der Waals surface area contributed by atoms with Gasteiger partial charge in [-0.05, 0) is 32.9 Å². The molecule has 1 aromatic heterocycles. The van der Waals surface area contributed by atoms with Gasteiger partial charge in [0.05, 0.1) is 22.3 Å². The van der Waals surface area contributed by atoms with Gasteiger partial charge in [-0.15, -0.1) is 5.10 Å². The number of esters is 1. The third-order valence-corrected chi connectivity index (χ3v) is 3.10. The van der Waals surface area contributed by atoms with Gasteiger partial charge < -0.3 is 10.5 Å². The van der Waals surface area contributed by atoms with Gasteiger partial charge in [0, 0.05) is 5.56 Å². The van der Waals surface area contributed by atoms with Crippen molar-refractivity contribution in [3.05, 3.63) is 29.4 Å². The van der Waals surface area contributed by atoms with E-state index in [1.54, 1.807) is 45.2 Å². The normalized spacial score (nSPS) is 11.4. The van der Waals surface area contributed by atoms with Crippen LogP contribution in [0.4, 0.5) is 5.69 Å². The maximum atomic E-state index is 11.7. The van der Waals surface area contributed by atoms with Gasteiger partial charge >= 0.3 is 5.97 Å². The summed E-state index contributed by atoms with van der Waals surface area (Å²) in [5.41, 5.74) is 7.04. The highest BCUT2D eigenvalue weighted by Crippen LogP contribution is 2.25. The summed E-state index contributed by atoms with van der Waals surface area (Å²) in [6.45, 7) is 5.39. The van der Waals surface area contributed by atoms with Crippen LogP contribution in [0.2, 0.25) is 5.02 Å². The minimum absolute atomic E-state index is 0.0197. The Kier molecular flexibility index (Phi) is 4.18. The summed E-state index contributed by atoms with van der Waals surface area (Å²) in [7, 11) is 0. The minimum Gasteiger partial charge on any atom is -0.442 e. The number of halogens is 1. The molecule has 0 radical (unpaired) electrons. The molecule has 0 fully saturated rings. The first-order chi connectivity index (χ1) is 9.77. The van der Waals surface area contributed by atoms with E-state index in [0.717, 1.165) is 5.56 Å². The van der Waals surface area contributed by atoms with E-state index in [1.807, 2.05) is 0 Å². The predicted molar refractivity (Wildman–Crippen MR) is 80.4 cm³/mol. The number of hydrogen-bond acceptors (Lipinski definition) is 5. The number of benzene rings is 1. The third kappa shape index (κ3) is 3.72. The maximum absolute atomic E-state index is 11.7. The number of hydrogen-bond donors (Lipinski definition) is 1. The Labute approximate surface area is 127 Å². The summed E-state index contributed by atoms with van der Waals surface area (Å²) in [6, 6.07) is 5.22. The van der Waals surface area contributed by atoms with Crippen LogP contribution < -0.4 is 5.73 Å². The molecule has 0 saturated carbocycles. The fourth-order valence-corrected chi connectivity index (χ4v) is 1.70. The number of nitrogens with zero attached hydrogens (tertiary/aromatic N) is 3. The van der Waals surface area contributed by atoms with Crippen LogP contribution >= 0.6 is 11.6 Å². The molecular formula is C14H17ClN4O2. The van der Waals surface area contributed by atoms with Crippen LogP contribution in [0.5, 0.6) is 0 Å². The molecule has 0 saturated heterocycles. The van der Waals surface area contributed by atoms with Gasteiger partial charge in [0.2, 0.25) is 0 Å². The molecule has 6 nitrogen and oxygen atoms in total. The van der Waals surface area contributed by atoms with E-state index in [9.17, 15) is 4.79 Å². The molecule has 2 aromatic rings. The van der Waals surface area contributed by atoms with E-state index in [4.69, 9.17) is 22.1 Å². The summed E-state index contributed by atoms with van der Waals surface area (Å²) in [5, 5.41) is 8.39. The van der Waals surface area contributed by atoms with Crippen LogP contribution in [0.1, 0.15) is 20.8 Å². The van der Waals surface area contributed by atoms with Crippen molar-refractivity contribution >= 4 is 23.3 Å². The zero-order valence-corrected chi connectivity index (χ0v) is 12.9. The van der Waals surface area contributed by atoms with Crippen molar-refractivity contribution in [2.24, 2.45) is 5.41 Å². The van der Waals surface area contributed by atoms with Gasteiger partial charge in [-0.2, -0.15) is 0 Å². The molecule has 0 spiro atoms. The lowest BCUT2D eigenvalue weighted by molar-refractivity contribution is -0.157. The Morgan fingerprint density at radius 1 is 1.43 bits per heavy atom. The van der Waals surface area contributed by atoms with Crippen LogP contribution in [-0.2, 0) is 16.3 Å². The largest absolute Gasteiger partial charge is 0.442 e. The number of nitrogen functional groups attached to an aromatic ring is 1. The average Bonchev–Trinajstić information content (AvgIpc) is 2.87. The van der Waals surface area contributed by atoms with Gasteiger partial charge in [0.25, 0.3) is 0 Å². The Hall–Kier alpha value is -2.08. The van der Waals surface area contributed by atoms with E-state index in [0.29, 0.717) is 16.4 Å². The molecule has 0 aliphatic carbocycles. The molecule has 2 rings (SSSR count). The summed E-state index contributed by atoms with van der Waals surface area (Å²) in [4.78, 5) is 11.7. The SMILES string of the molecule is CC(C)(C)C(=O)OCn1cc(-c2ccc(N)c(Cl)c2)nn1. The maximum Gasteiger partial charge on any atom is 0.313 e. The van der Waals surface area contributed by atoms with Crippen molar-refractivity contribution in [3.8, 4) is 11.3 Å². The Morgan fingerprint density at radius 2 is 2.14 bits per heavy atom. The summed E-state index contributed by atoms with van der Waals surface area (Å²) >= 11 is 5.97. The van der Waals surface area contributed by atoms with Crippen molar-refractivity contribution in [1.82, 2.24) is 15.0 Å². The summed E-state index contributed by atoms with van der Waals surface area (Å²) < 4.78 is 6.61. The molecule has 112 valence electrons. The first-order valence-corrected chi connectivity index (χ1v) is 6.78. The number of carbonyl (C=O) groups excluding carboxylic acids is 1. The van der Waals surface area contributed by atoms with Crippen molar-refractivity contribution in [2.75, 3.05) is 5.73 Å².